The number of aromatic amines is 1. The number of fused-ring (bicyclic) bond motifs is 1. The number of H-pyrrole nitrogens is 1. The van der Waals surface area contributed by atoms with Crippen LogP contribution in [0.1, 0.15) is 40.9 Å². The summed E-state index contributed by atoms with van der Waals surface area (Å²) in [5.41, 5.74) is 1.31. The van der Waals surface area contributed by atoms with Crippen molar-refractivity contribution in [2.75, 3.05) is 11.9 Å². The van der Waals surface area contributed by atoms with Crippen LogP contribution in [0.2, 0.25) is 0 Å². The van der Waals surface area contributed by atoms with Crippen molar-refractivity contribution in [2.24, 2.45) is 0 Å². The van der Waals surface area contributed by atoms with Gasteiger partial charge >= 0.3 is 5.97 Å². The Morgan fingerprint density at radius 1 is 1.38 bits per heavy atom. The Balaban J connectivity index is 1.96. The Morgan fingerprint density at radius 2 is 2.08 bits per heavy atom. The standard InChI is InChI=1S/C18H18IN3O3S/c1-4-25-18(24)14-9(2)13-16(23)21-15(22-17(13)26-14)10(3)20-12-7-5-11(19)6-8-12/h5-8,10,20H,4H2,1-3H3,(H,21,22,23)/t10-/m1/s1. The van der Waals surface area contributed by atoms with Gasteiger partial charge in [-0.05, 0) is 73.2 Å². The van der Waals surface area contributed by atoms with Crippen molar-refractivity contribution in [2.45, 2.75) is 26.8 Å². The molecule has 26 heavy (non-hydrogen) atoms. The second-order valence-corrected chi connectivity index (χ2v) is 8.03. The van der Waals surface area contributed by atoms with Gasteiger partial charge < -0.3 is 15.0 Å². The molecule has 1 atom stereocenters. The van der Waals surface area contributed by atoms with E-state index < -0.39 is 5.97 Å². The maximum atomic E-state index is 12.5. The van der Waals surface area contributed by atoms with Crippen LogP contribution in [0.5, 0.6) is 0 Å². The van der Waals surface area contributed by atoms with Crippen LogP contribution in [0.25, 0.3) is 10.2 Å². The first kappa shape index (κ1) is 18.8. The molecule has 8 heteroatoms. The van der Waals surface area contributed by atoms with Gasteiger partial charge in [-0.3, -0.25) is 4.79 Å². The maximum absolute atomic E-state index is 12.5. The summed E-state index contributed by atoms with van der Waals surface area (Å²) < 4.78 is 6.21. The number of aryl methyl sites for hydroxylation is 1. The minimum atomic E-state index is -0.418. The van der Waals surface area contributed by atoms with Gasteiger partial charge in [-0.15, -0.1) is 11.3 Å². The summed E-state index contributed by atoms with van der Waals surface area (Å²) in [7, 11) is 0. The predicted molar refractivity (Wildman–Crippen MR) is 112 cm³/mol. The van der Waals surface area contributed by atoms with Crippen LogP contribution in [0, 0.1) is 10.5 Å². The predicted octanol–water partition coefficient (Wildman–Crippen LogP) is 4.25. The molecule has 0 saturated carbocycles. The first-order valence-corrected chi connectivity index (χ1v) is 10.0. The fourth-order valence-corrected chi connectivity index (χ4v) is 4.06. The molecular weight excluding hydrogens is 465 g/mol. The number of thiophene rings is 1. The van der Waals surface area contributed by atoms with E-state index >= 15 is 0 Å². The zero-order valence-electron chi connectivity index (χ0n) is 14.6. The number of anilines is 1. The fraction of sp³-hybridized carbons (Fsp3) is 0.278. The highest BCUT2D eigenvalue weighted by atomic mass is 127. The molecule has 2 aromatic heterocycles. The summed E-state index contributed by atoms with van der Waals surface area (Å²) in [6.07, 6.45) is 0. The monoisotopic (exact) mass is 483 g/mol. The third kappa shape index (κ3) is 3.75. The molecule has 0 aliphatic rings. The number of carbonyl (C=O) groups is 1. The Bertz CT molecular complexity index is 1010. The van der Waals surface area contributed by atoms with Crippen LogP contribution in [0.3, 0.4) is 0 Å². The van der Waals surface area contributed by atoms with E-state index in [0.717, 1.165) is 9.26 Å². The lowest BCUT2D eigenvalue weighted by Gasteiger charge is -2.14. The number of benzene rings is 1. The van der Waals surface area contributed by atoms with Crippen molar-refractivity contribution in [3.63, 3.8) is 0 Å². The lowest BCUT2D eigenvalue weighted by molar-refractivity contribution is 0.0531. The van der Waals surface area contributed by atoms with Gasteiger partial charge in [0.2, 0.25) is 0 Å². The van der Waals surface area contributed by atoms with Crippen molar-refractivity contribution >= 4 is 55.8 Å². The number of nitrogens with zero attached hydrogens (tertiary/aromatic N) is 1. The smallest absolute Gasteiger partial charge is 0.348 e. The van der Waals surface area contributed by atoms with Crippen LogP contribution in [-0.4, -0.2) is 22.5 Å². The number of ether oxygens (including phenoxy) is 1. The molecule has 136 valence electrons. The Labute approximate surface area is 168 Å². The van der Waals surface area contributed by atoms with E-state index in [1.807, 2.05) is 31.2 Å². The summed E-state index contributed by atoms with van der Waals surface area (Å²) in [6.45, 7) is 5.71. The molecule has 3 rings (SSSR count). The number of hydrogen-bond donors (Lipinski definition) is 2. The van der Waals surface area contributed by atoms with Crippen molar-refractivity contribution in [1.82, 2.24) is 9.97 Å². The summed E-state index contributed by atoms with van der Waals surface area (Å²) in [4.78, 5) is 33.0. The number of halogens is 1. The van der Waals surface area contributed by atoms with E-state index in [2.05, 4.69) is 37.9 Å². The van der Waals surface area contributed by atoms with Crippen LogP contribution >= 0.6 is 33.9 Å². The number of hydrogen-bond acceptors (Lipinski definition) is 6. The van der Waals surface area contributed by atoms with E-state index in [1.54, 1.807) is 13.8 Å². The van der Waals surface area contributed by atoms with E-state index in [9.17, 15) is 9.59 Å². The number of carbonyl (C=O) groups excluding carboxylic acids is 1. The zero-order chi connectivity index (χ0) is 18.8. The van der Waals surface area contributed by atoms with Crippen LogP contribution < -0.4 is 10.9 Å². The largest absolute Gasteiger partial charge is 0.462 e. The molecule has 6 nitrogen and oxygen atoms in total. The second kappa shape index (κ2) is 7.75. The SMILES string of the molecule is CCOC(=O)c1sc2nc([C@@H](C)Nc3ccc(I)cc3)[nH]c(=O)c2c1C. The molecule has 0 fully saturated rings. The molecule has 2 heterocycles. The number of rotatable bonds is 5. The van der Waals surface area contributed by atoms with E-state index in [0.29, 0.717) is 33.1 Å². The summed E-state index contributed by atoms with van der Waals surface area (Å²) >= 11 is 3.44. The van der Waals surface area contributed by atoms with Crippen molar-refractivity contribution in [3.8, 4) is 0 Å². The zero-order valence-corrected chi connectivity index (χ0v) is 17.5. The number of aromatic nitrogens is 2. The average molecular weight is 483 g/mol. The van der Waals surface area contributed by atoms with Gasteiger partial charge in [0.05, 0.1) is 18.0 Å². The second-order valence-electron chi connectivity index (χ2n) is 5.78. The lowest BCUT2D eigenvalue weighted by Crippen LogP contribution is -2.17. The molecule has 0 amide bonds. The molecule has 3 aromatic rings. The Kier molecular flexibility index (Phi) is 5.61. The molecule has 0 spiro atoms. The van der Waals surface area contributed by atoms with Gasteiger partial charge in [-0.2, -0.15) is 0 Å². The van der Waals surface area contributed by atoms with Crippen molar-refractivity contribution in [1.29, 1.82) is 0 Å². The first-order valence-electron chi connectivity index (χ1n) is 8.13. The molecule has 0 unspecified atom stereocenters. The molecule has 1 aromatic carbocycles. The maximum Gasteiger partial charge on any atom is 0.348 e. The topological polar surface area (TPSA) is 84.1 Å². The fourth-order valence-electron chi connectivity index (χ4n) is 2.62. The molecular formula is C18H18IN3O3S. The highest BCUT2D eigenvalue weighted by Gasteiger charge is 2.21. The molecule has 2 N–H and O–H groups in total. The third-order valence-corrected chi connectivity index (χ3v) is 5.80. The van der Waals surface area contributed by atoms with Crippen molar-refractivity contribution in [3.05, 3.63) is 54.5 Å². The van der Waals surface area contributed by atoms with Crippen LogP contribution in [-0.2, 0) is 4.74 Å². The highest BCUT2D eigenvalue weighted by Crippen LogP contribution is 2.28. The summed E-state index contributed by atoms with van der Waals surface area (Å²) in [5, 5.41) is 3.77. The average Bonchev–Trinajstić information content (AvgIpc) is 2.94. The first-order chi connectivity index (χ1) is 12.4. The van der Waals surface area contributed by atoms with Crippen LogP contribution in [0.4, 0.5) is 5.69 Å². The minimum Gasteiger partial charge on any atom is -0.462 e. The molecule has 0 radical (unpaired) electrons. The quantitative estimate of drug-likeness (QED) is 0.419. The molecule has 0 saturated heterocycles. The normalized spacial score (nSPS) is 12.2. The van der Waals surface area contributed by atoms with Crippen molar-refractivity contribution < 1.29 is 9.53 Å². The van der Waals surface area contributed by atoms with Gasteiger partial charge in [0.25, 0.3) is 5.56 Å². The molecule has 0 bridgehead atoms. The van der Waals surface area contributed by atoms with Gasteiger partial charge in [-0.25, -0.2) is 9.78 Å². The van der Waals surface area contributed by atoms with E-state index in [-0.39, 0.29) is 11.6 Å². The van der Waals surface area contributed by atoms with E-state index in [1.165, 1.54) is 11.3 Å². The Morgan fingerprint density at radius 3 is 2.73 bits per heavy atom. The van der Waals surface area contributed by atoms with Gasteiger partial charge in [0.15, 0.2) is 0 Å². The molecule has 0 aliphatic carbocycles. The van der Waals surface area contributed by atoms with Gasteiger partial charge in [0, 0.05) is 9.26 Å². The number of esters is 1. The summed E-state index contributed by atoms with van der Waals surface area (Å²) in [6, 6.07) is 7.76. The minimum absolute atomic E-state index is 0.194. The highest BCUT2D eigenvalue weighted by molar-refractivity contribution is 14.1. The lowest BCUT2D eigenvalue weighted by atomic mass is 10.2. The Hall–Kier alpha value is -1.94. The van der Waals surface area contributed by atoms with E-state index in [4.69, 9.17) is 4.74 Å². The van der Waals surface area contributed by atoms with Crippen LogP contribution in [0.15, 0.2) is 29.1 Å². The van der Waals surface area contributed by atoms with Gasteiger partial charge in [-0.1, -0.05) is 0 Å². The summed E-state index contributed by atoms with van der Waals surface area (Å²) in [5.74, 6) is 0.108. The van der Waals surface area contributed by atoms with Gasteiger partial charge in [0.1, 0.15) is 15.5 Å². The number of nitrogens with one attached hydrogen (secondary N) is 2. The molecule has 0 aliphatic heterocycles. The third-order valence-electron chi connectivity index (χ3n) is 3.92.